The van der Waals surface area contributed by atoms with Gasteiger partial charge in [-0.05, 0) is 61.2 Å². The zero-order valence-corrected chi connectivity index (χ0v) is 15.8. The lowest BCUT2D eigenvalue weighted by Crippen LogP contribution is -2.25. The molecule has 6 heteroatoms. The second-order valence-electron chi connectivity index (χ2n) is 7.86. The third-order valence-corrected chi connectivity index (χ3v) is 4.66. The molecule has 2 aromatic carbocycles. The van der Waals surface area contributed by atoms with Crippen molar-refractivity contribution in [1.29, 1.82) is 0 Å². The molecule has 27 heavy (non-hydrogen) atoms. The number of fused-ring (bicyclic) bond motifs is 1. The minimum absolute atomic E-state index is 0.128. The van der Waals surface area contributed by atoms with E-state index < -0.39 is 29.2 Å². The highest BCUT2D eigenvalue weighted by molar-refractivity contribution is 5.69. The first kappa shape index (κ1) is 19.1. The fraction of sp³-hybridized carbons (Fsp3) is 0.381. The van der Waals surface area contributed by atoms with Crippen LogP contribution in [0.1, 0.15) is 44.9 Å². The zero-order valence-electron chi connectivity index (χ0n) is 15.8. The van der Waals surface area contributed by atoms with Crippen LogP contribution in [0.15, 0.2) is 30.3 Å². The van der Waals surface area contributed by atoms with Crippen molar-refractivity contribution < 1.29 is 23.0 Å². The van der Waals surface area contributed by atoms with E-state index in [1.54, 1.807) is 12.1 Å². The van der Waals surface area contributed by atoms with Crippen molar-refractivity contribution in [2.24, 2.45) is 11.1 Å². The summed E-state index contributed by atoms with van der Waals surface area (Å²) >= 11 is 0. The quantitative estimate of drug-likeness (QED) is 0.805. The van der Waals surface area contributed by atoms with Crippen LogP contribution in [-0.2, 0) is 11.2 Å². The fourth-order valence-electron chi connectivity index (χ4n) is 3.65. The Balaban J connectivity index is 2.06. The van der Waals surface area contributed by atoms with Crippen molar-refractivity contribution in [2.75, 3.05) is 0 Å². The molecule has 0 bridgehead atoms. The van der Waals surface area contributed by atoms with E-state index in [1.807, 2.05) is 27.7 Å². The summed E-state index contributed by atoms with van der Waals surface area (Å²) in [7, 11) is 0. The van der Waals surface area contributed by atoms with Crippen molar-refractivity contribution in [3.8, 4) is 16.9 Å². The second-order valence-corrected chi connectivity index (χ2v) is 7.86. The predicted molar refractivity (Wildman–Crippen MR) is 98.5 cm³/mol. The van der Waals surface area contributed by atoms with E-state index in [0.717, 1.165) is 5.56 Å². The van der Waals surface area contributed by atoms with E-state index in [4.69, 9.17) is 15.2 Å². The third kappa shape index (κ3) is 3.89. The molecule has 2 N–H and O–H groups in total. The summed E-state index contributed by atoms with van der Waals surface area (Å²) in [5.74, 6) is -0.681. The molecule has 144 valence electrons. The van der Waals surface area contributed by atoms with Gasteiger partial charge in [0.1, 0.15) is 23.5 Å². The van der Waals surface area contributed by atoms with Gasteiger partial charge in [-0.25, -0.2) is 13.6 Å². The average molecular weight is 375 g/mol. The summed E-state index contributed by atoms with van der Waals surface area (Å²) in [4.78, 5) is 11.2. The predicted octanol–water partition coefficient (Wildman–Crippen LogP) is 5.14. The standard InChI is InChI=1S/C21H23F2NO3/c1-11(2)26-15-6-12(5-14(22)8-15)16-7-13-10-21(3,4)19(27-20(24)25)17(13)9-18(16)23/h5-9,11,19H,10H2,1-4H3,(H2,24,25)/t19-/m0/s1. The maximum Gasteiger partial charge on any atom is 0.405 e. The van der Waals surface area contributed by atoms with Crippen LogP contribution in [0.25, 0.3) is 11.1 Å². The SMILES string of the molecule is CC(C)Oc1cc(F)cc(-c2cc3c(cc2F)[C@H](OC(N)=O)C(C)(C)C3)c1. The monoisotopic (exact) mass is 375 g/mol. The lowest BCUT2D eigenvalue weighted by Gasteiger charge is -2.26. The Kier molecular flexibility index (Phi) is 4.84. The number of hydrogen-bond donors (Lipinski definition) is 1. The van der Waals surface area contributed by atoms with E-state index in [-0.39, 0.29) is 11.7 Å². The molecule has 0 saturated carbocycles. The molecule has 0 aromatic heterocycles. The topological polar surface area (TPSA) is 61.6 Å². The van der Waals surface area contributed by atoms with Crippen LogP contribution in [0.5, 0.6) is 5.75 Å². The Morgan fingerprint density at radius 2 is 1.89 bits per heavy atom. The minimum Gasteiger partial charge on any atom is -0.491 e. The first-order valence-electron chi connectivity index (χ1n) is 8.83. The van der Waals surface area contributed by atoms with E-state index in [9.17, 15) is 13.6 Å². The normalized spacial score (nSPS) is 17.7. The van der Waals surface area contributed by atoms with Gasteiger partial charge in [-0.2, -0.15) is 0 Å². The van der Waals surface area contributed by atoms with Crippen molar-refractivity contribution in [3.63, 3.8) is 0 Å². The van der Waals surface area contributed by atoms with E-state index in [0.29, 0.717) is 23.3 Å². The zero-order chi connectivity index (χ0) is 19.9. The molecule has 0 saturated heterocycles. The highest BCUT2D eigenvalue weighted by Gasteiger charge is 2.42. The van der Waals surface area contributed by atoms with Gasteiger partial charge in [-0.3, -0.25) is 0 Å². The van der Waals surface area contributed by atoms with Crippen LogP contribution in [-0.4, -0.2) is 12.2 Å². The maximum atomic E-state index is 14.9. The summed E-state index contributed by atoms with van der Waals surface area (Å²) in [6, 6.07) is 7.20. The van der Waals surface area contributed by atoms with Gasteiger partial charge in [0.05, 0.1) is 6.10 Å². The number of benzene rings is 2. The Labute approximate surface area is 157 Å². The number of primary amides is 1. The third-order valence-electron chi connectivity index (χ3n) is 4.66. The Hall–Kier alpha value is -2.63. The smallest absolute Gasteiger partial charge is 0.405 e. The van der Waals surface area contributed by atoms with Gasteiger partial charge in [0.15, 0.2) is 0 Å². The average Bonchev–Trinajstić information content (AvgIpc) is 2.75. The van der Waals surface area contributed by atoms with Crippen molar-refractivity contribution in [1.82, 2.24) is 0 Å². The number of halogens is 2. The van der Waals surface area contributed by atoms with Crippen LogP contribution in [0, 0.1) is 17.0 Å². The molecule has 1 atom stereocenters. The lowest BCUT2D eigenvalue weighted by atomic mass is 9.87. The van der Waals surface area contributed by atoms with Crippen LogP contribution in [0.3, 0.4) is 0 Å². The van der Waals surface area contributed by atoms with Gasteiger partial charge in [0, 0.05) is 17.0 Å². The molecule has 0 radical (unpaired) electrons. The summed E-state index contributed by atoms with van der Waals surface area (Å²) in [6.45, 7) is 7.52. The van der Waals surface area contributed by atoms with Gasteiger partial charge in [-0.1, -0.05) is 13.8 Å². The second kappa shape index (κ2) is 6.83. The molecule has 4 nitrogen and oxygen atoms in total. The van der Waals surface area contributed by atoms with Gasteiger partial charge in [-0.15, -0.1) is 0 Å². The van der Waals surface area contributed by atoms with E-state index >= 15 is 0 Å². The van der Waals surface area contributed by atoms with Crippen LogP contribution in [0.2, 0.25) is 0 Å². The van der Waals surface area contributed by atoms with Crippen LogP contribution < -0.4 is 10.5 Å². The minimum atomic E-state index is -0.897. The lowest BCUT2D eigenvalue weighted by molar-refractivity contribution is 0.0391. The number of amides is 1. The Bertz CT molecular complexity index is 893. The number of rotatable bonds is 4. The first-order valence-corrected chi connectivity index (χ1v) is 8.83. The molecule has 0 spiro atoms. The summed E-state index contributed by atoms with van der Waals surface area (Å²) < 4.78 is 39.7. The van der Waals surface area contributed by atoms with Crippen molar-refractivity contribution >= 4 is 6.09 Å². The van der Waals surface area contributed by atoms with Gasteiger partial charge >= 0.3 is 6.09 Å². The summed E-state index contributed by atoms with van der Waals surface area (Å²) in [5.41, 5.74) is 6.86. The van der Waals surface area contributed by atoms with Crippen molar-refractivity contribution in [2.45, 2.75) is 46.3 Å². The van der Waals surface area contributed by atoms with E-state index in [2.05, 4.69) is 0 Å². The van der Waals surface area contributed by atoms with Crippen LogP contribution >= 0.6 is 0 Å². The summed E-state index contributed by atoms with van der Waals surface area (Å²) in [6.07, 6.45) is -1.07. The largest absolute Gasteiger partial charge is 0.491 e. The van der Waals surface area contributed by atoms with E-state index in [1.165, 1.54) is 18.2 Å². The molecule has 0 unspecified atom stereocenters. The van der Waals surface area contributed by atoms with Gasteiger partial charge < -0.3 is 15.2 Å². The molecule has 0 heterocycles. The molecular formula is C21H23F2NO3. The molecule has 1 aliphatic carbocycles. The molecule has 0 fully saturated rings. The number of carbonyl (C=O) groups excluding carboxylic acids is 1. The highest BCUT2D eigenvalue weighted by Crippen LogP contribution is 2.49. The molecule has 2 aromatic rings. The number of nitrogens with two attached hydrogens (primary N) is 1. The van der Waals surface area contributed by atoms with Gasteiger partial charge in [0.25, 0.3) is 0 Å². The molecule has 1 aliphatic rings. The molecular weight excluding hydrogens is 352 g/mol. The Morgan fingerprint density at radius 1 is 1.19 bits per heavy atom. The van der Waals surface area contributed by atoms with Gasteiger partial charge in [0.2, 0.25) is 0 Å². The number of hydrogen-bond acceptors (Lipinski definition) is 3. The molecule has 0 aliphatic heterocycles. The maximum absolute atomic E-state index is 14.9. The summed E-state index contributed by atoms with van der Waals surface area (Å²) in [5, 5.41) is 0. The molecule has 1 amide bonds. The fourth-order valence-corrected chi connectivity index (χ4v) is 3.65. The first-order chi connectivity index (χ1) is 12.6. The molecule has 3 rings (SSSR count). The highest BCUT2D eigenvalue weighted by atomic mass is 19.1. The van der Waals surface area contributed by atoms with Crippen LogP contribution in [0.4, 0.5) is 13.6 Å². The Morgan fingerprint density at radius 3 is 2.52 bits per heavy atom. The number of ether oxygens (including phenoxy) is 2. The van der Waals surface area contributed by atoms with Crippen molar-refractivity contribution in [3.05, 3.63) is 53.1 Å². The number of carbonyl (C=O) groups is 1.